The number of benzene rings is 1. The van der Waals surface area contributed by atoms with Gasteiger partial charge in [-0.1, -0.05) is 20.8 Å². The lowest BCUT2D eigenvalue weighted by atomic mass is 10.0. The van der Waals surface area contributed by atoms with Crippen molar-refractivity contribution in [2.45, 2.75) is 83.9 Å². The molecule has 1 heterocycles. The summed E-state index contributed by atoms with van der Waals surface area (Å²) in [5.41, 5.74) is 5.67. The molecule has 194 valence electrons. The van der Waals surface area contributed by atoms with Gasteiger partial charge in [0.2, 0.25) is 12.4 Å². The lowest BCUT2D eigenvalue weighted by molar-refractivity contribution is -0.261. The van der Waals surface area contributed by atoms with Crippen molar-refractivity contribution >= 4 is 29.6 Å². The molecular formula is C24H33NO10. The molecule has 1 aromatic carbocycles. The van der Waals surface area contributed by atoms with Crippen LogP contribution in [0.3, 0.4) is 0 Å². The van der Waals surface area contributed by atoms with Crippen LogP contribution in [-0.4, -0.2) is 60.2 Å². The van der Waals surface area contributed by atoms with Crippen molar-refractivity contribution in [1.82, 2.24) is 0 Å². The standard InChI is InChI=1S/C24H33NO10/c1-4-7-18(26)32-17-13-31-24(33-16-11-10-14(25)12-15(16)23(29)30)22(35-20(28)9-6-3)21(17)34-19(27)8-5-2/h10-12,17,21-22,24H,4-9,13,25H2,1-3H3,(H,29,30)/t17-,21+,22-,24?/m1/s1. The Morgan fingerprint density at radius 2 is 1.46 bits per heavy atom. The Balaban J connectivity index is 2.41. The Morgan fingerprint density at radius 1 is 0.914 bits per heavy atom. The summed E-state index contributed by atoms with van der Waals surface area (Å²) in [6.07, 6.45) is -3.11. The van der Waals surface area contributed by atoms with Crippen LogP contribution in [0.4, 0.5) is 5.69 Å². The van der Waals surface area contributed by atoms with Gasteiger partial charge in [-0.05, 0) is 37.5 Å². The van der Waals surface area contributed by atoms with E-state index in [0.29, 0.717) is 19.3 Å². The van der Waals surface area contributed by atoms with Crippen molar-refractivity contribution in [3.05, 3.63) is 23.8 Å². The van der Waals surface area contributed by atoms with Crippen LogP contribution in [0.25, 0.3) is 0 Å². The first kappa shape index (κ1) is 27.9. The van der Waals surface area contributed by atoms with E-state index < -0.39 is 48.5 Å². The van der Waals surface area contributed by atoms with E-state index >= 15 is 0 Å². The van der Waals surface area contributed by atoms with Gasteiger partial charge >= 0.3 is 23.9 Å². The molecule has 0 bridgehead atoms. The first-order chi connectivity index (χ1) is 16.7. The number of ether oxygens (including phenoxy) is 5. The topological polar surface area (TPSA) is 161 Å². The molecule has 1 aliphatic rings. The Hall–Kier alpha value is -3.34. The fourth-order valence-corrected chi connectivity index (χ4v) is 3.42. The molecule has 0 aromatic heterocycles. The van der Waals surface area contributed by atoms with Crippen LogP contribution in [0.5, 0.6) is 5.75 Å². The third-order valence-electron chi connectivity index (χ3n) is 5.04. The highest BCUT2D eigenvalue weighted by molar-refractivity contribution is 5.92. The van der Waals surface area contributed by atoms with Crippen LogP contribution in [0.1, 0.15) is 69.7 Å². The van der Waals surface area contributed by atoms with E-state index in [2.05, 4.69) is 0 Å². The molecule has 0 spiro atoms. The van der Waals surface area contributed by atoms with Crippen molar-refractivity contribution in [1.29, 1.82) is 0 Å². The smallest absolute Gasteiger partial charge is 0.339 e. The third-order valence-corrected chi connectivity index (χ3v) is 5.04. The Morgan fingerprint density at radius 3 is 2.00 bits per heavy atom. The highest BCUT2D eigenvalue weighted by atomic mass is 16.7. The monoisotopic (exact) mass is 495 g/mol. The molecule has 4 atom stereocenters. The number of aromatic carboxylic acids is 1. The van der Waals surface area contributed by atoms with Gasteiger partial charge in [-0.3, -0.25) is 14.4 Å². The summed E-state index contributed by atoms with van der Waals surface area (Å²) in [6, 6.07) is 4.00. The number of nitrogen functional groups attached to an aromatic ring is 1. The van der Waals surface area contributed by atoms with E-state index in [1.807, 2.05) is 6.92 Å². The highest BCUT2D eigenvalue weighted by Gasteiger charge is 2.49. The number of esters is 3. The number of hydrogen-bond donors (Lipinski definition) is 2. The minimum atomic E-state index is -1.35. The van der Waals surface area contributed by atoms with Crippen molar-refractivity contribution < 1.29 is 48.0 Å². The molecule has 1 fully saturated rings. The average Bonchev–Trinajstić information content (AvgIpc) is 2.79. The van der Waals surface area contributed by atoms with Gasteiger partial charge in [0.25, 0.3) is 0 Å². The van der Waals surface area contributed by atoms with Crippen LogP contribution in [-0.2, 0) is 33.3 Å². The van der Waals surface area contributed by atoms with Crippen LogP contribution < -0.4 is 10.5 Å². The largest absolute Gasteiger partial charge is 0.478 e. The lowest BCUT2D eigenvalue weighted by Gasteiger charge is -2.40. The first-order valence-corrected chi connectivity index (χ1v) is 11.7. The Kier molecular flexibility index (Phi) is 10.8. The van der Waals surface area contributed by atoms with Gasteiger partial charge in [-0.15, -0.1) is 0 Å². The summed E-state index contributed by atoms with van der Waals surface area (Å²) in [5.74, 6) is -3.09. The number of rotatable bonds is 12. The number of anilines is 1. The summed E-state index contributed by atoms with van der Waals surface area (Å²) in [4.78, 5) is 48.7. The summed E-state index contributed by atoms with van der Waals surface area (Å²) >= 11 is 0. The molecule has 2 rings (SSSR count). The SMILES string of the molecule is CCCC(=O)O[C@H]1[C@H](OC(=O)CCC)COC(Oc2ccc(N)cc2C(=O)O)[C@@H]1OC(=O)CCC. The zero-order valence-corrected chi connectivity index (χ0v) is 20.2. The number of carbonyl (C=O) groups excluding carboxylic acids is 3. The Labute approximate surface area is 203 Å². The maximum Gasteiger partial charge on any atom is 0.339 e. The van der Waals surface area contributed by atoms with Crippen molar-refractivity contribution in [2.24, 2.45) is 0 Å². The van der Waals surface area contributed by atoms with E-state index in [1.54, 1.807) is 13.8 Å². The van der Waals surface area contributed by atoms with Gasteiger partial charge < -0.3 is 34.5 Å². The zero-order valence-electron chi connectivity index (χ0n) is 20.2. The number of nitrogens with two attached hydrogens (primary N) is 1. The molecule has 11 heteroatoms. The maximum absolute atomic E-state index is 12.4. The number of hydrogen-bond acceptors (Lipinski definition) is 10. The van der Waals surface area contributed by atoms with Gasteiger partial charge in [-0.25, -0.2) is 4.79 Å². The molecule has 1 saturated heterocycles. The molecule has 0 radical (unpaired) electrons. The van der Waals surface area contributed by atoms with E-state index in [-0.39, 0.29) is 42.9 Å². The van der Waals surface area contributed by atoms with Crippen molar-refractivity contribution in [2.75, 3.05) is 12.3 Å². The predicted octanol–water partition coefficient (Wildman–Crippen LogP) is 2.84. The molecule has 3 N–H and O–H groups in total. The van der Waals surface area contributed by atoms with Crippen molar-refractivity contribution in [3.63, 3.8) is 0 Å². The molecule has 0 saturated carbocycles. The van der Waals surface area contributed by atoms with E-state index in [0.717, 1.165) is 0 Å². The molecule has 0 amide bonds. The second kappa shape index (κ2) is 13.5. The molecule has 35 heavy (non-hydrogen) atoms. The van der Waals surface area contributed by atoms with Crippen LogP contribution in [0.2, 0.25) is 0 Å². The third kappa shape index (κ3) is 8.13. The van der Waals surface area contributed by atoms with Gasteiger partial charge in [-0.2, -0.15) is 0 Å². The first-order valence-electron chi connectivity index (χ1n) is 11.7. The summed E-state index contributed by atoms with van der Waals surface area (Å²) in [5, 5.41) is 9.53. The normalized spacial score (nSPS) is 21.6. The molecule has 1 unspecified atom stereocenters. The number of carbonyl (C=O) groups is 4. The van der Waals surface area contributed by atoms with Gasteiger partial charge in [0, 0.05) is 24.9 Å². The summed E-state index contributed by atoms with van der Waals surface area (Å²) in [7, 11) is 0. The number of carboxylic acids is 1. The Bertz CT molecular complexity index is 902. The van der Waals surface area contributed by atoms with Crippen LogP contribution in [0.15, 0.2) is 18.2 Å². The van der Waals surface area contributed by atoms with Gasteiger partial charge in [0.05, 0.1) is 6.61 Å². The van der Waals surface area contributed by atoms with Gasteiger partial charge in [0.1, 0.15) is 11.3 Å². The second-order valence-corrected chi connectivity index (χ2v) is 8.07. The highest BCUT2D eigenvalue weighted by Crippen LogP contribution is 2.30. The molecule has 1 aromatic rings. The fraction of sp³-hybridized carbons (Fsp3) is 0.583. The minimum absolute atomic E-state index is 0.0708. The molecule has 0 aliphatic carbocycles. The van der Waals surface area contributed by atoms with E-state index in [9.17, 15) is 24.3 Å². The lowest BCUT2D eigenvalue weighted by Crippen LogP contribution is -2.59. The van der Waals surface area contributed by atoms with E-state index in [4.69, 9.17) is 29.4 Å². The van der Waals surface area contributed by atoms with Crippen molar-refractivity contribution in [3.8, 4) is 5.75 Å². The molecule has 11 nitrogen and oxygen atoms in total. The predicted molar refractivity (Wildman–Crippen MR) is 123 cm³/mol. The average molecular weight is 496 g/mol. The summed E-state index contributed by atoms with van der Waals surface area (Å²) < 4.78 is 28.1. The maximum atomic E-state index is 12.4. The fourth-order valence-electron chi connectivity index (χ4n) is 3.42. The van der Waals surface area contributed by atoms with Crippen LogP contribution in [0, 0.1) is 0 Å². The minimum Gasteiger partial charge on any atom is -0.478 e. The van der Waals surface area contributed by atoms with Crippen LogP contribution >= 0.6 is 0 Å². The van der Waals surface area contributed by atoms with E-state index in [1.165, 1.54) is 18.2 Å². The quantitative estimate of drug-likeness (QED) is 0.249. The zero-order chi connectivity index (χ0) is 26.0. The summed E-state index contributed by atoms with van der Waals surface area (Å²) in [6.45, 7) is 5.16. The molecular weight excluding hydrogens is 462 g/mol. The second-order valence-electron chi connectivity index (χ2n) is 8.07. The number of carboxylic acid groups (broad SMARTS) is 1. The molecule has 1 aliphatic heterocycles. The van der Waals surface area contributed by atoms with Gasteiger partial charge in [0.15, 0.2) is 12.2 Å².